The maximum absolute atomic E-state index is 13.4. The van der Waals surface area contributed by atoms with Crippen LogP contribution in [0.5, 0.6) is 0 Å². The molecule has 0 bridgehead atoms. The first-order valence-corrected chi connectivity index (χ1v) is 6.62. The van der Waals surface area contributed by atoms with Gasteiger partial charge in [-0.1, -0.05) is 35.9 Å². The second-order valence-corrected chi connectivity index (χ2v) is 5.06. The van der Waals surface area contributed by atoms with Crippen molar-refractivity contribution in [3.05, 3.63) is 70.7 Å². The summed E-state index contributed by atoms with van der Waals surface area (Å²) in [5.74, 6) is -0.0115. The molecule has 0 saturated carbocycles. The lowest BCUT2D eigenvalue weighted by Gasteiger charge is -2.08. The van der Waals surface area contributed by atoms with Crippen molar-refractivity contribution in [3.8, 4) is 0 Å². The molecule has 0 aliphatic carbocycles. The zero-order valence-electron chi connectivity index (χ0n) is 10.5. The predicted octanol–water partition coefficient (Wildman–Crippen LogP) is 4.50. The summed E-state index contributed by atoms with van der Waals surface area (Å²) in [5, 5.41) is 11.2. The van der Waals surface area contributed by atoms with Gasteiger partial charge in [0.1, 0.15) is 23.3 Å². The van der Waals surface area contributed by atoms with Crippen LogP contribution in [0.15, 0.2) is 52.9 Å². The van der Waals surface area contributed by atoms with E-state index in [1.54, 1.807) is 12.1 Å². The maximum atomic E-state index is 13.4. The third kappa shape index (κ3) is 2.55. The summed E-state index contributed by atoms with van der Waals surface area (Å²) in [6.07, 6.45) is -0.545. The number of fused-ring (bicyclic) bond motifs is 1. The van der Waals surface area contributed by atoms with E-state index in [2.05, 4.69) is 0 Å². The van der Waals surface area contributed by atoms with Gasteiger partial charge >= 0.3 is 0 Å². The number of benzene rings is 2. The van der Waals surface area contributed by atoms with Crippen LogP contribution in [0.25, 0.3) is 11.0 Å². The standard InChI is InChI=1S/C16H12ClFO2/c17-12-6-5-10(7-13(12)18)8-14(19)16-9-11-3-1-2-4-15(11)20-16/h1-7,9,14,19H,8H2. The molecule has 3 aromatic rings. The van der Waals surface area contributed by atoms with Crippen molar-refractivity contribution in [2.24, 2.45) is 0 Å². The first kappa shape index (κ1) is 13.2. The Morgan fingerprint density at radius 3 is 2.70 bits per heavy atom. The van der Waals surface area contributed by atoms with E-state index in [9.17, 15) is 9.50 Å². The predicted molar refractivity (Wildman–Crippen MR) is 76.3 cm³/mol. The normalized spacial score (nSPS) is 12.8. The fourth-order valence-corrected chi connectivity index (χ4v) is 2.27. The second-order valence-electron chi connectivity index (χ2n) is 4.65. The first-order chi connectivity index (χ1) is 9.63. The highest BCUT2D eigenvalue weighted by Gasteiger charge is 2.14. The molecule has 102 valence electrons. The lowest BCUT2D eigenvalue weighted by Crippen LogP contribution is -2.00. The molecule has 1 unspecified atom stereocenters. The van der Waals surface area contributed by atoms with Crippen LogP contribution in [0, 0.1) is 5.82 Å². The quantitative estimate of drug-likeness (QED) is 0.770. The second kappa shape index (κ2) is 5.27. The van der Waals surface area contributed by atoms with Crippen LogP contribution >= 0.6 is 11.6 Å². The van der Waals surface area contributed by atoms with Crippen LogP contribution in [-0.2, 0) is 6.42 Å². The third-order valence-corrected chi connectivity index (χ3v) is 3.49. The average molecular weight is 291 g/mol. The Morgan fingerprint density at radius 1 is 1.15 bits per heavy atom. The Bertz CT molecular complexity index is 718. The number of para-hydroxylation sites is 1. The molecule has 0 radical (unpaired) electrons. The summed E-state index contributed by atoms with van der Waals surface area (Å²) in [7, 11) is 0. The molecule has 0 aliphatic rings. The van der Waals surface area contributed by atoms with Gasteiger partial charge in [-0.15, -0.1) is 0 Å². The van der Waals surface area contributed by atoms with Crippen molar-refractivity contribution in [2.45, 2.75) is 12.5 Å². The highest BCUT2D eigenvalue weighted by Crippen LogP contribution is 2.26. The fourth-order valence-electron chi connectivity index (χ4n) is 2.16. The van der Waals surface area contributed by atoms with Gasteiger partial charge in [-0.05, 0) is 29.8 Å². The van der Waals surface area contributed by atoms with Gasteiger partial charge in [0, 0.05) is 11.8 Å². The molecule has 0 saturated heterocycles. The summed E-state index contributed by atoms with van der Waals surface area (Å²) in [6.45, 7) is 0. The summed E-state index contributed by atoms with van der Waals surface area (Å²) >= 11 is 5.63. The van der Waals surface area contributed by atoms with Gasteiger partial charge in [0.25, 0.3) is 0 Å². The van der Waals surface area contributed by atoms with Crippen LogP contribution < -0.4 is 0 Å². The number of aliphatic hydroxyl groups is 1. The monoisotopic (exact) mass is 290 g/mol. The number of aliphatic hydroxyl groups excluding tert-OH is 1. The van der Waals surface area contributed by atoms with E-state index >= 15 is 0 Å². The van der Waals surface area contributed by atoms with Crippen LogP contribution in [0.2, 0.25) is 5.02 Å². The molecule has 0 amide bonds. The van der Waals surface area contributed by atoms with Crippen molar-refractivity contribution in [3.63, 3.8) is 0 Å². The van der Waals surface area contributed by atoms with E-state index in [0.717, 1.165) is 11.0 Å². The van der Waals surface area contributed by atoms with Crippen LogP contribution in [0.4, 0.5) is 4.39 Å². The Balaban J connectivity index is 1.84. The molecule has 1 N–H and O–H groups in total. The van der Waals surface area contributed by atoms with Crippen molar-refractivity contribution >= 4 is 22.6 Å². The molecule has 0 aliphatic heterocycles. The minimum Gasteiger partial charge on any atom is -0.458 e. The average Bonchev–Trinajstić information content (AvgIpc) is 2.87. The van der Waals surface area contributed by atoms with Gasteiger partial charge in [0.05, 0.1) is 5.02 Å². The molecule has 1 aromatic heterocycles. The molecule has 1 atom stereocenters. The topological polar surface area (TPSA) is 33.4 Å². The van der Waals surface area contributed by atoms with Crippen LogP contribution in [-0.4, -0.2) is 5.11 Å². The lowest BCUT2D eigenvalue weighted by atomic mass is 10.1. The van der Waals surface area contributed by atoms with E-state index in [1.807, 2.05) is 24.3 Å². The van der Waals surface area contributed by atoms with E-state index in [4.69, 9.17) is 16.0 Å². The SMILES string of the molecule is OC(Cc1ccc(Cl)c(F)c1)c1cc2ccccc2o1. The van der Waals surface area contributed by atoms with Gasteiger partial charge in [0.2, 0.25) is 0 Å². The van der Waals surface area contributed by atoms with Crippen molar-refractivity contribution in [1.82, 2.24) is 0 Å². The summed E-state index contributed by atoms with van der Waals surface area (Å²) in [5.41, 5.74) is 1.39. The zero-order chi connectivity index (χ0) is 14.1. The summed E-state index contributed by atoms with van der Waals surface area (Å²) in [6, 6.07) is 13.8. The van der Waals surface area contributed by atoms with E-state index in [-0.39, 0.29) is 11.4 Å². The minimum atomic E-state index is -0.817. The molecule has 4 heteroatoms. The van der Waals surface area contributed by atoms with E-state index < -0.39 is 11.9 Å². The Labute approximate surface area is 120 Å². The fraction of sp³-hybridized carbons (Fsp3) is 0.125. The molecule has 3 rings (SSSR count). The molecular weight excluding hydrogens is 279 g/mol. The van der Waals surface area contributed by atoms with Gasteiger partial charge in [0.15, 0.2) is 0 Å². The molecule has 0 fully saturated rings. The first-order valence-electron chi connectivity index (χ1n) is 6.24. The highest BCUT2D eigenvalue weighted by atomic mass is 35.5. The summed E-state index contributed by atoms with van der Waals surface area (Å²) in [4.78, 5) is 0. The van der Waals surface area contributed by atoms with Gasteiger partial charge in [-0.25, -0.2) is 4.39 Å². The maximum Gasteiger partial charge on any atom is 0.142 e. The minimum absolute atomic E-state index is 0.0759. The number of furan rings is 1. The molecule has 2 nitrogen and oxygen atoms in total. The number of hydrogen-bond donors (Lipinski definition) is 1. The lowest BCUT2D eigenvalue weighted by molar-refractivity contribution is 0.152. The Morgan fingerprint density at radius 2 is 1.95 bits per heavy atom. The third-order valence-electron chi connectivity index (χ3n) is 3.19. The largest absolute Gasteiger partial charge is 0.458 e. The van der Waals surface area contributed by atoms with Crippen LogP contribution in [0.3, 0.4) is 0 Å². The summed E-state index contributed by atoms with van der Waals surface area (Å²) < 4.78 is 18.9. The van der Waals surface area contributed by atoms with Crippen LogP contribution in [0.1, 0.15) is 17.4 Å². The van der Waals surface area contributed by atoms with Crippen molar-refractivity contribution in [2.75, 3.05) is 0 Å². The molecule has 20 heavy (non-hydrogen) atoms. The molecule has 0 spiro atoms. The Kier molecular flexibility index (Phi) is 3.47. The highest BCUT2D eigenvalue weighted by molar-refractivity contribution is 6.30. The zero-order valence-corrected chi connectivity index (χ0v) is 11.3. The van der Waals surface area contributed by atoms with Crippen molar-refractivity contribution in [1.29, 1.82) is 0 Å². The number of hydrogen-bond acceptors (Lipinski definition) is 2. The molecule has 1 heterocycles. The van der Waals surface area contributed by atoms with Gasteiger partial charge in [-0.3, -0.25) is 0 Å². The van der Waals surface area contributed by atoms with Gasteiger partial charge in [-0.2, -0.15) is 0 Å². The Hall–Kier alpha value is -1.84. The van der Waals surface area contributed by atoms with Crippen molar-refractivity contribution < 1.29 is 13.9 Å². The molecule has 2 aromatic carbocycles. The smallest absolute Gasteiger partial charge is 0.142 e. The van der Waals surface area contributed by atoms with Gasteiger partial charge < -0.3 is 9.52 Å². The number of halogens is 2. The van der Waals surface area contributed by atoms with E-state index in [1.165, 1.54) is 12.1 Å². The number of rotatable bonds is 3. The molecular formula is C16H12ClFO2. The van der Waals surface area contributed by atoms with E-state index in [0.29, 0.717) is 11.3 Å².